The molecule has 1 fully saturated rings. The topological polar surface area (TPSA) is 29.9 Å². The van der Waals surface area contributed by atoms with Gasteiger partial charge in [0.05, 0.1) is 5.69 Å². The molecular formula is C11H19N3S. The minimum atomic E-state index is 0.714. The van der Waals surface area contributed by atoms with E-state index in [0.29, 0.717) is 6.04 Å². The van der Waals surface area contributed by atoms with E-state index in [2.05, 4.69) is 39.8 Å². The maximum Gasteiger partial charge on any atom is 0.0522 e. The smallest absolute Gasteiger partial charge is 0.0522 e. The first-order chi connectivity index (χ1) is 7.40. The highest BCUT2D eigenvalue weighted by molar-refractivity contribution is 7.99. The summed E-state index contributed by atoms with van der Waals surface area (Å²) in [5.41, 5.74) is 1.30. The maximum atomic E-state index is 4.27. The van der Waals surface area contributed by atoms with Crippen molar-refractivity contribution in [3.63, 3.8) is 0 Å². The summed E-state index contributed by atoms with van der Waals surface area (Å²) >= 11 is 2.07. The van der Waals surface area contributed by atoms with Crippen molar-refractivity contribution >= 4 is 11.8 Å². The first-order valence-electron chi connectivity index (χ1n) is 5.72. The first-order valence-corrected chi connectivity index (χ1v) is 6.87. The highest BCUT2D eigenvalue weighted by Crippen LogP contribution is 2.17. The third kappa shape index (κ3) is 2.98. The van der Waals surface area contributed by atoms with E-state index in [1.54, 1.807) is 0 Å². The Morgan fingerprint density at radius 3 is 3.07 bits per heavy atom. The van der Waals surface area contributed by atoms with Crippen LogP contribution in [0.5, 0.6) is 0 Å². The lowest BCUT2D eigenvalue weighted by molar-refractivity contribution is 0.466. The molecule has 2 rings (SSSR count). The van der Waals surface area contributed by atoms with Gasteiger partial charge in [-0.25, -0.2) is 0 Å². The van der Waals surface area contributed by atoms with Crippen molar-refractivity contribution in [2.45, 2.75) is 38.9 Å². The Morgan fingerprint density at radius 2 is 2.33 bits per heavy atom. The molecule has 1 aliphatic heterocycles. The standard InChI is InChI=1S/C11H19N3S/c1-2-14-11(3-6-13-14)9-12-10-4-7-15-8-5-10/h3,6,10,12H,2,4-5,7-9H2,1H3. The van der Waals surface area contributed by atoms with E-state index in [4.69, 9.17) is 0 Å². The van der Waals surface area contributed by atoms with Crippen molar-refractivity contribution in [3.8, 4) is 0 Å². The molecular weight excluding hydrogens is 206 g/mol. The summed E-state index contributed by atoms with van der Waals surface area (Å²) in [6.07, 6.45) is 4.51. The molecule has 0 radical (unpaired) electrons. The highest BCUT2D eigenvalue weighted by atomic mass is 32.2. The number of aromatic nitrogens is 2. The van der Waals surface area contributed by atoms with Crippen molar-refractivity contribution in [2.24, 2.45) is 0 Å². The van der Waals surface area contributed by atoms with Crippen molar-refractivity contribution in [3.05, 3.63) is 18.0 Å². The molecule has 0 spiro atoms. The Kier molecular flexibility index (Phi) is 4.09. The van der Waals surface area contributed by atoms with Gasteiger partial charge in [-0.3, -0.25) is 4.68 Å². The molecule has 0 atom stereocenters. The maximum absolute atomic E-state index is 4.27. The average Bonchev–Trinajstić information content (AvgIpc) is 2.75. The fourth-order valence-electron chi connectivity index (χ4n) is 1.95. The summed E-state index contributed by atoms with van der Waals surface area (Å²) in [5.74, 6) is 2.62. The number of aryl methyl sites for hydroxylation is 1. The predicted molar refractivity (Wildman–Crippen MR) is 65.1 cm³/mol. The summed E-state index contributed by atoms with van der Waals surface area (Å²) < 4.78 is 2.06. The van der Waals surface area contributed by atoms with Crippen LogP contribution >= 0.6 is 11.8 Å². The summed E-state index contributed by atoms with van der Waals surface area (Å²) in [6, 6.07) is 2.82. The monoisotopic (exact) mass is 225 g/mol. The van der Waals surface area contributed by atoms with Crippen LogP contribution in [0, 0.1) is 0 Å². The van der Waals surface area contributed by atoms with Crippen molar-refractivity contribution in [1.82, 2.24) is 15.1 Å². The normalized spacial score (nSPS) is 18.2. The fourth-order valence-corrected chi connectivity index (χ4v) is 3.05. The van der Waals surface area contributed by atoms with Gasteiger partial charge in [-0.2, -0.15) is 16.9 Å². The second-order valence-corrected chi connectivity index (χ2v) is 5.13. The van der Waals surface area contributed by atoms with E-state index < -0.39 is 0 Å². The van der Waals surface area contributed by atoms with E-state index in [9.17, 15) is 0 Å². The minimum absolute atomic E-state index is 0.714. The van der Waals surface area contributed by atoms with E-state index in [1.165, 1.54) is 30.0 Å². The van der Waals surface area contributed by atoms with Crippen LogP contribution < -0.4 is 5.32 Å². The molecule has 1 saturated heterocycles. The molecule has 1 aromatic heterocycles. The SMILES string of the molecule is CCn1nccc1CNC1CCSCC1. The van der Waals surface area contributed by atoms with E-state index in [0.717, 1.165) is 13.1 Å². The lowest BCUT2D eigenvalue weighted by Gasteiger charge is -2.22. The largest absolute Gasteiger partial charge is 0.308 e. The van der Waals surface area contributed by atoms with Crippen LogP contribution in [0.2, 0.25) is 0 Å². The van der Waals surface area contributed by atoms with Gasteiger partial charge in [0.1, 0.15) is 0 Å². The molecule has 0 unspecified atom stereocenters. The molecule has 0 amide bonds. The van der Waals surface area contributed by atoms with Gasteiger partial charge in [0, 0.05) is 25.3 Å². The molecule has 1 N–H and O–H groups in total. The average molecular weight is 225 g/mol. The van der Waals surface area contributed by atoms with Crippen molar-refractivity contribution in [2.75, 3.05) is 11.5 Å². The summed E-state index contributed by atoms with van der Waals surface area (Å²) in [6.45, 7) is 4.06. The van der Waals surface area contributed by atoms with E-state index >= 15 is 0 Å². The van der Waals surface area contributed by atoms with Gasteiger partial charge in [-0.05, 0) is 37.3 Å². The van der Waals surface area contributed by atoms with E-state index in [1.807, 2.05) is 6.20 Å². The van der Waals surface area contributed by atoms with Crippen LogP contribution in [-0.2, 0) is 13.1 Å². The number of thioether (sulfide) groups is 1. The second-order valence-electron chi connectivity index (χ2n) is 3.91. The van der Waals surface area contributed by atoms with Crippen LogP contribution in [0.25, 0.3) is 0 Å². The molecule has 0 aliphatic carbocycles. The molecule has 3 nitrogen and oxygen atoms in total. The van der Waals surface area contributed by atoms with Gasteiger partial charge < -0.3 is 5.32 Å². The zero-order valence-corrected chi connectivity index (χ0v) is 10.1. The van der Waals surface area contributed by atoms with Gasteiger partial charge in [0.25, 0.3) is 0 Å². The quantitative estimate of drug-likeness (QED) is 0.848. The van der Waals surface area contributed by atoms with E-state index in [-0.39, 0.29) is 0 Å². The van der Waals surface area contributed by atoms with Crippen LogP contribution in [-0.4, -0.2) is 27.3 Å². The first kappa shape index (κ1) is 11.0. The fraction of sp³-hybridized carbons (Fsp3) is 0.727. The Bertz CT molecular complexity index is 292. The van der Waals surface area contributed by atoms with Crippen LogP contribution in [0.15, 0.2) is 12.3 Å². The molecule has 0 saturated carbocycles. The Hall–Kier alpha value is -0.480. The van der Waals surface area contributed by atoms with Gasteiger partial charge in [0.2, 0.25) is 0 Å². The molecule has 15 heavy (non-hydrogen) atoms. The lowest BCUT2D eigenvalue weighted by Crippen LogP contribution is -2.32. The highest BCUT2D eigenvalue weighted by Gasteiger charge is 2.13. The number of nitrogens with zero attached hydrogens (tertiary/aromatic N) is 2. The molecule has 4 heteroatoms. The van der Waals surface area contributed by atoms with Crippen LogP contribution in [0.4, 0.5) is 0 Å². The number of hydrogen-bond donors (Lipinski definition) is 1. The van der Waals surface area contributed by atoms with Crippen LogP contribution in [0.3, 0.4) is 0 Å². The molecule has 84 valence electrons. The van der Waals surface area contributed by atoms with Crippen molar-refractivity contribution < 1.29 is 0 Å². The summed E-state index contributed by atoms with van der Waals surface area (Å²) in [4.78, 5) is 0. The Morgan fingerprint density at radius 1 is 1.53 bits per heavy atom. The Balaban J connectivity index is 1.81. The molecule has 2 heterocycles. The van der Waals surface area contributed by atoms with Gasteiger partial charge in [0.15, 0.2) is 0 Å². The molecule has 1 aliphatic rings. The zero-order chi connectivity index (χ0) is 10.5. The van der Waals surface area contributed by atoms with Gasteiger partial charge in [-0.1, -0.05) is 0 Å². The zero-order valence-electron chi connectivity index (χ0n) is 9.28. The number of nitrogens with one attached hydrogen (secondary N) is 1. The van der Waals surface area contributed by atoms with Crippen molar-refractivity contribution in [1.29, 1.82) is 0 Å². The van der Waals surface area contributed by atoms with Gasteiger partial charge in [-0.15, -0.1) is 0 Å². The molecule has 0 aromatic carbocycles. The molecule has 1 aromatic rings. The summed E-state index contributed by atoms with van der Waals surface area (Å²) in [7, 11) is 0. The third-order valence-electron chi connectivity index (χ3n) is 2.90. The Labute approximate surface area is 95.6 Å². The second kappa shape index (κ2) is 5.56. The van der Waals surface area contributed by atoms with Crippen LogP contribution in [0.1, 0.15) is 25.5 Å². The summed E-state index contributed by atoms with van der Waals surface area (Å²) in [5, 5.41) is 7.90. The lowest BCUT2D eigenvalue weighted by atomic mass is 10.1. The number of rotatable bonds is 4. The van der Waals surface area contributed by atoms with Gasteiger partial charge >= 0.3 is 0 Å². The minimum Gasteiger partial charge on any atom is -0.308 e. The third-order valence-corrected chi connectivity index (χ3v) is 3.95. The predicted octanol–water partition coefficient (Wildman–Crippen LogP) is 1.89. The number of hydrogen-bond acceptors (Lipinski definition) is 3. The molecule has 0 bridgehead atoms.